The Balaban J connectivity index is 1.80. The van der Waals surface area contributed by atoms with Gasteiger partial charge in [0.1, 0.15) is 0 Å². The first kappa shape index (κ1) is 13.0. The van der Waals surface area contributed by atoms with E-state index in [1.807, 2.05) is 18.4 Å². The number of rotatable bonds is 5. The van der Waals surface area contributed by atoms with Gasteiger partial charge in [0.05, 0.1) is 6.54 Å². The number of thioether (sulfide) groups is 1. The molecule has 1 aromatic carbocycles. The van der Waals surface area contributed by atoms with Crippen LogP contribution in [0.2, 0.25) is 0 Å². The van der Waals surface area contributed by atoms with E-state index in [0.29, 0.717) is 11.6 Å². The lowest BCUT2D eigenvalue weighted by atomic mass is 10.2. The Hall–Kier alpha value is -1.49. The van der Waals surface area contributed by atoms with Crippen molar-refractivity contribution in [2.75, 3.05) is 12.8 Å². The number of hydrogen-bond acceptors (Lipinski definition) is 3. The normalized spacial score (nSPS) is 14.1. The molecular weight excluding hydrogens is 248 g/mol. The highest BCUT2D eigenvalue weighted by Crippen LogP contribution is 2.18. The first-order valence-corrected chi connectivity index (χ1v) is 7.13. The van der Waals surface area contributed by atoms with Crippen LogP contribution in [0.15, 0.2) is 29.2 Å². The molecule has 1 aromatic rings. The van der Waals surface area contributed by atoms with Gasteiger partial charge < -0.3 is 10.6 Å². The van der Waals surface area contributed by atoms with Gasteiger partial charge in [-0.25, -0.2) is 0 Å². The third-order valence-corrected chi connectivity index (χ3v) is 3.45. The summed E-state index contributed by atoms with van der Waals surface area (Å²) in [4.78, 5) is 24.3. The van der Waals surface area contributed by atoms with Gasteiger partial charge in [-0.1, -0.05) is 0 Å². The molecule has 2 amide bonds. The molecule has 0 atom stereocenters. The van der Waals surface area contributed by atoms with E-state index in [0.717, 1.165) is 17.7 Å². The Morgan fingerprint density at radius 3 is 2.50 bits per heavy atom. The molecule has 0 aromatic heterocycles. The smallest absolute Gasteiger partial charge is 0.251 e. The van der Waals surface area contributed by atoms with E-state index < -0.39 is 0 Å². The van der Waals surface area contributed by atoms with Crippen molar-refractivity contribution >= 4 is 23.6 Å². The minimum atomic E-state index is -0.214. The summed E-state index contributed by atoms with van der Waals surface area (Å²) in [5.74, 6) is -0.333. The molecule has 0 bridgehead atoms. The lowest BCUT2D eigenvalue weighted by Crippen LogP contribution is -2.37. The number of amides is 2. The van der Waals surface area contributed by atoms with E-state index in [-0.39, 0.29) is 18.4 Å². The quantitative estimate of drug-likeness (QED) is 0.791. The van der Waals surface area contributed by atoms with Crippen molar-refractivity contribution in [2.24, 2.45) is 0 Å². The van der Waals surface area contributed by atoms with E-state index in [9.17, 15) is 9.59 Å². The lowest BCUT2D eigenvalue weighted by Gasteiger charge is -2.06. The molecule has 0 spiro atoms. The van der Waals surface area contributed by atoms with Crippen LogP contribution in [0.3, 0.4) is 0 Å². The van der Waals surface area contributed by atoms with Crippen molar-refractivity contribution in [1.82, 2.24) is 10.6 Å². The highest BCUT2D eigenvalue weighted by molar-refractivity contribution is 7.98. The molecule has 0 heterocycles. The van der Waals surface area contributed by atoms with Gasteiger partial charge in [-0.3, -0.25) is 9.59 Å². The molecule has 0 saturated heterocycles. The van der Waals surface area contributed by atoms with Gasteiger partial charge in [0, 0.05) is 16.5 Å². The summed E-state index contributed by atoms with van der Waals surface area (Å²) in [5.41, 5.74) is 0.576. The second kappa shape index (κ2) is 5.91. The predicted octanol–water partition coefficient (Wildman–Crippen LogP) is 1.42. The van der Waals surface area contributed by atoms with E-state index >= 15 is 0 Å². The van der Waals surface area contributed by atoms with Crippen LogP contribution < -0.4 is 10.6 Å². The maximum absolute atomic E-state index is 11.8. The van der Waals surface area contributed by atoms with Crippen LogP contribution in [0.4, 0.5) is 0 Å². The van der Waals surface area contributed by atoms with Gasteiger partial charge in [0.25, 0.3) is 5.91 Å². The van der Waals surface area contributed by atoms with Gasteiger partial charge in [-0.2, -0.15) is 0 Å². The number of carbonyl (C=O) groups is 2. The number of hydrogen-bond donors (Lipinski definition) is 2. The van der Waals surface area contributed by atoms with Crippen molar-refractivity contribution in [3.05, 3.63) is 29.8 Å². The van der Waals surface area contributed by atoms with Crippen LogP contribution in [-0.2, 0) is 4.79 Å². The van der Waals surface area contributed by atoms with Gasteiger partial charge in [-0.05, 0) is 43.4 Å². The maximum Gasteiger partial charge on any atom is 0.251 e. The van der Waals surface area contributed by atoms with E-state index in [1.54, 1.807) is 23.9 Å². The Labute approximate surface area is 111 Å². The Bertz CT molecular complexity index is 441. The summed E-state index contributed by atoms with van der Waals surface area (Å²) in [7, 11) is 0. The highest BCUT2D eigenvalue weighted by Gasteiger charge is 2.23. The van der Waals surface area contributed by atoms with Crippen LogP contribution in [0.5, 0.6) is 0 Å². The van der Waals surface area contributed by atoms with Gasteiger partial charge in [-0.15, -0.1) is 11.8 Å². The largest absolute Gasteiger partial charge is 0.352 e. The minimum Gasteiger partial charge on any atom is -0.352 e. The predicted molar refractivity (Wildman–Crippen MR) is 71.7 cm³/mol. The lowest BCUT2D eigenvalue weighted by molar-refractivity contribution is -0.120. The molecule has 2 rings (SSSR count). The van der Waals surface area contributed by atoms with Crippen LogP contribution in [0.1, 0.15) is 23.2 Å². The fourth-order valence-corrected chi connectivity index (χ4v) is 1.92. The molecule has 18 heavy (non-hydrogen) atoms. The molecule has 1 aliphatic rings. The van der Waals surface area contributed by atoms with Crippen molar-refractivity contribution in [3.63, 3.8) is 0 Å². The molecular formula is C13H16N2O2S. The molecule has 2 N–H and O–H groups in total. The second-order valence-corrected chi connectivity index (χ2v) is 5.13. The minimum absolute atomic E-state index is 0.0413. The fraction of sp³-hybridized carbons (Fsp3) is 0.385. The van der Waals surface area contributed by atoms with Crippen LogP contribution in [0.25, 0.3) is 0 Å². The topological polar surface area (TPSA) is 58.2 Å². The summed E-state index contributed by atoms with van der Waals surface area (Å²) in [5, 5.41) is 5.43. The third kappa shape index (κ3) is 3.77. The van der Waals surface area contributed by atoms with Gasteiger partial charge in [0.2, 0.25) is 5.91 Å². The van der Waals surface area contributed by atoms with Crippen LogP contribution >= 0.6 is 11.8 Å². The van der Waals surface area contributed by atoms with Crippen molar-refractivity contribution in [3.8, 4) is 0 Å². The molecule has 4 nitrogen and oxygen atoms in total. The highest BCUT2D eigenvalue weighted by atomic mass is 32.2. The molecule has 96 valence electrons. The zero-order chi connectivity index (χ0) is 13.0. The molecule has 0 aliphatic heterocycles. The molecule has 5 heteroatoms. The van der Waals surface area contributed by atoms with Crippen molar-refractivity contribution < 1.29 is 9.59 Å². The summed E-state index contributed by atoms with van der Waals surface area (Å²) in [6, 6.07) is 7.64. The van der Waals surface area contributed by atoms with Crippen LogP contribution in [0, 0.1) is 0 Å². The zero-order valence-electron chi connectivity index (χ0n) is 10.2. The summed E-state index contributed by atoms with van der Waals surface area (Å²) < 4.78 is 0. The van der Waals surface area contributed by atoms with E-state index in [1.165, 1.54) is 0 Å². The Morgan fingerprint density at radius 1 is 1.28 bits per heavy atom. The second-order valence-electron chi connectivity index (χ2n) is 4.25. The van der Waals surface area contributed by atoms with E-state index in [4.69, 9.17) is 0 Å². The molecule has 1 aliphatic carbocycles. The molecule has 0 unspecified atom stereocenters. The summed E-state index contributed by atoms with van der Waals surface area (Å²) >= 11 is 1.63. The van der Waals surface area contributed by atoms with Gasteiger partial charge in [0.15, 0.2) is 0 Å². The first-order valence-electron chi connectivity index (χ1n) is 5.90. The Morgan fingerprint density at radius 2 is 1.94 bits per heavy atom. The molecule has 1 saturated carbocycles. The third-order valence-electron chi connectivity index (χ3n) is 2.70. The maximum atomic E-state index is 11.8. The van der Waals surface area contributed by atoms with Gasteiger partial charge >= 0.3 is 0 Å². The summed E-state index contributed by atoms with van der Waals surface area (Å²) in [6.07, 6.45) is 4.09. The van der Waals surface area contributed by atoms with Crippen molar-refractivity contribution in [2.45, 2.75) is 23.8 Å². The number of carbonyl (C=O) groups excluding carboxylic acids is 2. The fourth-order valence-electron chi connectivity index (χ4n) is 1.51. The SMILES string of the molecule is CSc1ccc(C(=O)NCC(=O)NC2CC2)cc1. The number of nitrogens with one attached hydrogen (secondary N) is 2. The molecule has 1 fully saturated rings. The molecule has 0 radical (unpaired) electrons. The first-order chi connectivity index (χ1) is 8.69. The Kier molecular flexibility index (Phi) is 4.25. The standard InChI is InChI=1S/C13H16N2O2S/c1-18-11-6-2-9(3-7-11)13(17)14-8-12(16)15-10-4-5-10/h2-3,6-7,10H,4-5,8H2,1H3,(H,14,17)(H,15,16). The average molecular weight is 264 g/mol. The number of benzene rings is 1. The van der Waals surface area contributed by atoms with Crippen molar-refractivity contribution in [1.29, 1.82) is 0 Å². The average Bonchev–Trinajstić information content (AvgIpc) is 3.20. The zero-order valence-corrected chi connectivity index (χ0v) is 11.0. The van der Waals surface area contributed by atoms with E-state index in [2.05, 4.69) is 10.6 Å². The monoisotopic (exact) mass is 264 g/mol. The summed E-state index contributed by atoms with van der Waals surface area (Å²) in [6.45, 7) is 0.0413. The van der Waals surface area contributed by atoms with Crippen LogP contribution in [-0.4, -0.2) is 30.7 Å².